The summed E-state index contributed by atoms with van der Waals surface area (Å²) in [4.78, 5) is 12.2. The molecule has 10 heteroatoms. The molecule has 0 amide bonds. The second kappa shape index (κ2) is 9.71. The van der Waals surface area contributed by atoms with Gasteiger partial charge in [-0.2, -0.15) is 14.9 Å². The van der Waals surface area contributed by atoms with Crippen molar-refractivity contribution in [3.8, 4) is 17.8 Å². The molecule has 0 atom stereocenters. The van der Waals surface area contributed by atoms with Gasteiger partial charge in [-0.1, -0.05) is 30.3 Å². The Labute approximate surface area is 217 Å². The van der Waals surface area contributed by atoms with E-state index in [0.717, 1.165) is 31.6 Å². The molecule has 6 rings (SSSR count). The zero-order valence-corrected chi connectivity index (χ0v) is 20.4. The van der Waals surface area contributed by atoms with Crippen molar-refractivity contribution in [3.05, 3.63) is 94.4 Å². The molecule has 1 fully saturated rings. The molecule has 5 aromatic rings. The zero-order chi connectivity index (χ0) is 26.1. The van der Waals surface area contributed by atoms with Crippen LogP contribution >= 0.6 is 0 Å². The van der Waals surface area contributed by atoms with Gasteiger partial charge in [0.1, 0.15) is 0 Å². The van der Waals surface area contributed by atoms with Gasteiger partial charge < -0.3 is 15.5 Å². The van der Waals surface area contributed by atoms with Crippen molar-refractivity contribution >= 4 is 23.4 Å². The van der Waals surface area contributed by atoms with Crippen molar-refractivity contribution in [2.75, 3.05) is 18.4 Å². The van der Waals surface area contributed by atoms with E-state index in [-0.39, 0.29) is 11.8 Å². The van der Waals surface area contributed by atoms with Gasteiger partial charge in [-0.15, -0.1) is 0 Å². The topological polar surface area (TPSA) is 138 Å². The summed E-state index contributed by atoms with van der Waals surface area (Å²) < 4.78 is 3.79. The van der Waals surface area contributed by atoms with Crippen LogP contribution in [0.3, 0.4) is 0 Å². The van der Waals surface area contributed by atoms with Gasteiger partial charge in [-0.05, 0) is 64.6 Å². The van der Waals surface area contributed by atoms with E-state index in [9.17, 15) is 15.5 Å². The maximum Gasteiger partial charge on any atom is 0.434 e. The predicted octanol–water partition coefficient (Wildman–Crippen LogP) is 2.38. The molecular formula is C28H25N8O2+. The smallest absolute Gasteiger partial charge is 0.434 e. The van der Waals surface area contributed by atoms with Gasteiger partial charge in [0.05, 0.1) is 36.1 Å². The summed E-state index contributed by atoms with van der Waals surface area (Å²) in [7, 11) is 0. The van der Waals surface area contributed by atoms with Crippen LogP contribution in [0, 0.1) is 11.3 Å². The molecule has 4 heterocycles. The number of aromatic nitrogens is 5. The van der Waals surface area contributed by atoms with Crippen molar-refractivity contribution < 1.29 is 10.2 Å². The van der Waals surface area contributed by atoms with Crippen LogP contribution in [0.1, 0.15) is 35.4 Å². The van der Waals surface area contributed by atoms with Crippen molar-refractivity contribution in [2.45, 2.75) is 18.8 Å². The summed E-state index contributed by atoms with van der Waals surface area (Å²) in [6.07, 6.45) is 5.20. The van der Waals surface area contributed by atoms with Gasteiger partial charge in [-0.25, -0.2) is 0 Å². The summed E-state index contributed by atoms with van der Waals surface area (Å²) in [5.41, 5.74) is 4.31. The number of H-pyrrole nitrogens is 1. The number of nitriles is 1. The van der Waals surface area contributed by atoms with Crippen molar-refractivity contribution in [3.63, 3.8) is 0 Å². The average Bonchev–Trinajstić information content (AvgIpc) is 3.51. The van der Waals surface area contributed by atoms with Gasteiger partial charge in [0.25, 0.3) is 0 Å². The van der Waals surface area contributed by atoms with Crippen LogP contribution in [0.15, 0.2) is 66.9 Å². The van der Waals surface area contributed by atoms with E-state index < -0.39 is 0 Å². The quantitative estimate of drug-likeness (QED) is 0.275. The molecule has 0 aliphatic carbocycles. The minimum atomic E-state index is -0.138. The molecule has 2 aromatic carbocycles. The highest BCUT2D eigenvalue weighted by Crippen LogP contribution is 2.26. The number of nitrogens with zero attached hydrogens (tertiary/aromatic N) is 6. The first-order chi connectivity index (χ1) is 18.6. The molecule has 1 aliphatic rings. The number of aromatic hydroxyl groups is 2. The summed E-state index contributed by atoms with van der Waals surface area (Å²) in [6, 6.07) is 21.2. The lowest BCUT2D eigenvalue weighted by molar-refractivity contribution is 0.396. The lowest BCUT2D eigenvalue weighted by atomic mass is 9.89. The molecule has 1 aliphatic heterocycles. The first-order valence-electron chi connectivity index (χ1n) is 12.4. The number of rotatable bonds is 4. The number of piperidine rings is 1. The Morgan fingerprint density at radius 2 is 1.87 bits per heavy atom. The lowest BCUT2D eigenvalue weighted by Gasteiger charge is -2.23. The maximum absolute atomic E-state index is 10.1. The zero-order valence-electron chi connectivity index (χ0n) is 20.4. The third-order valence-corrected chi connectivity index (χ3v) is 6.80. The molecule has 188 valence electrons. The number of benzene rings is 2. The van der Waals surface area contributed by atoms with Gasteiger partial charge in [-0.3, -0.25) is 9.56 Å². The normalized spacial score (nSPS) is 16.0. The second-order valence-corrected chi connectivity index (χ2v) is 9.28. The third-order valence-electron chi connectivity index (χ3n) is 6.80. The number of hydrogen-bond donors (Lipinski definition) is 4. The van der Waals surface area contributed by atoms with E-state index in [2.05, 4.69) is 32.1 Å². The highest BCUT2D eigenvalue weighted by molar-refractivity contribution is 5.62. The minimum Gasteiger partial charge on any atom is -0.494 e. The van der Waals surface area contributed by atoms with E-state index in [1.54, 1.807) is 16.8 Å². The van der Waals surface area contributed by atoms with E-state index in [1.165, 1.54) is 11.6 Å². The first kappa shape index (κ1) is 23.2. The minimum absolute atomic E-state index is 0.129. The van der Waals surface area contributed by atoms with Crippen LogP contribution in [0.25, 0.3) is 11.7 Å². The highest BCUT2D eigenvalue weighted by Gasteiger charge is 2.23. The Morgan fingerprint density at radius 3 is 2.61 bits per heavy atom. The Balaban J connectivity index is 1.43. The largest absolute Gasteiger partial charge is 0.494 e. The van der Waals surface area contributed by atoms with Gasteiger partial charge in [0, 0.05) is 17.3 Å². The molecule has 10 nitrogen and oxygen atoms in total. The number of aromatic amines is 1. The van der Waals surface area contributed by atoms with Gasteiger partial charge in [0.2, 0.25) is 5.65 Å². The molecule has 0 spiro atoms. The molecule has 0 unspecified atom stereocenters. The monoisotopic (exact) mass is 505 g/mol. The third kappa shape index (κ3) is 4.53. The van der Waals surface area contributed by atoms with E-state index in [1.807, 2.05) is 48.5 Å². The van der Waals surface area contributed by atoms with Crippen LogP contribution in [0.4, 0.5) is 11.6 Å². The van der Waals surface area contributed by atoms with Crippen LogP contribution in [0.5, 0.6) is 11.8 Å². The molecule has 0 radical (unpaired) electrons. The highest BCUT2D eigenvalue weighted by atomic mass is 16.3. The Kier molecular flexibility index (Phi) is 5.94. The molecule has 1 saturated heterocycles. The molecule has 3 aromatic heterocycles. The summed E-state index contributed by atoms with van der Waals surface area (Å²) in [5.74, 6) is 0.616. The number of hydrogen-bond acceptors (Lipinski definition) is 7. The summed E-state index contributed by atoms with van der Waals surface area (Å²) >= 11 is 0. The van der Waals surface area contributed by atoms with Gasteiger partial charge in [0.15, 0.2) is 11.8 Å². The van der Waals surface area contributed by atoms with E-state index in [0.29, 0.717) is 39.5 Å². The molecule has 0 saturated carbocycles. The van der Waals surface area contributed by atoms with Crippen LogP contribution in [0.2, 0.25) is 0 Å². The van der Waals surface area contributed by atoms with Crippen molar-refractivity contribution in [1.82, 2.24) is 29.1 Å². The summed E-state index contributed by atoms with van der Waals surface area (Å²) in [6.45, 7) is 1.53. The van der Waals surface area contributed by atoms with Crippen LogP contribution in [-0.2, 0) is 0 Å². The second-order valence-electron chi connectivity index (χ2n) is 9.28. The fraction of sp³-hybridized carbons (Fsp3) is 0.179. The van der Waals surface area contributed by atoms with Crippen molar-refractivity contribution in [2.24, 2.45) is 0 Å². The Morgan fingerprint density at radius 1 is 1.05 bits per heavy atom. The fourth-order valence-electron chi connectivity index (χ4n) is 4.86. The fourth-order valence-corrected chi connectivity index (χ4v) is 4.86. The number of para-hydroxylation sites is 1. The van der Waals surface area contributed by atoms with Gasteiger partial charge >= 0.3 is 11.6 Å². The van der Waals surface area contributed by atoms with Crippen LogP contribution < -0.4 is 20.7 Å². The first-order valence-corrected chi connectivity index (χ1v) is 12.4. The summed E-state index contributed by atoms with van der Waals surface area (Å²) in [5, 5.41) is 37.6. The molecule has 0 bridgehead atoms. The lowest BCUT2D eigenvalue weighted by Crippen LogP contribution is -2.41. The van der Waals surface area contributed by atoms with E-state index >= 15 is 0 Å². The predicted molar refractivity (Wildman–Crippen MR) is 142 cm³/mol. The molecule has 38 heavy (non-hydrogen) atoms. The Hall–Kier alpha value is -5.17. The molecular weight excluding hydrogens is 480 g/mol. The standard InChI is InChI=1S/C28H24N8O2/c29-16-18-5-4-6-20(13-18)19-9-11-35(12-10-19)27-33-25-22(14-21-15-24(37)32-26(21)38)17-30-36(25)28(34-27)31-23-7-2-1-3-8-23/h1-8,13-15,17,19H,9-12H2,(H3,30,31,32,33,34,37,38)/p+1. The number of anilines is 2. The SMILES string of the molecule is N#Cc1cccc(C2CC[N+](=c3nc(Nc4ccccc4)n4ncc(=Cc5cc(O)[nH]c5O)c4n3)CC2)c1. The number of fused-ring (bicyclic) bond motifs is 1. The average molecular weight is 506 g/mol. The maximum atomic E-state index is 10.1. The van der Waals surface area contributed by atoms with Crippen molar-refractivity contribution in [1.29, 1.82) is 5.26 Å². The van der Waals surface area contributed by atoms with Crippen LogP contribution in [-0.4, -0.2) is 47.9 Å². The van der Waals surface area contributed by atoms with E-state index in [4.69, 9.17) is 9.97 Å². The Bertz CT molecular complexity index is 1790. The number of nitrogens with one attached hydrogen (secondary N) is 2. The molecule has 4 N–H and O–H groups in total.